The van der Waals surface area contributed by atoms with Crippen molar-refractivity contribution in [3.05, 3.63) is 83.7 Å². The second kappa shape index (κ2) is 7.24. The predicted octanol–water partition coefficient (Wildman–Crippen LogP) is 3.70. The van der Waals surface area contributed by atoms with Gasteiger partial charge in [-0.3, -0.25) is 18.9 Å². The Bertz CT molecular complexity index is 1450. The number of hydrogen-bond donors (Lipinski definition) is 2. The van der Waals surface area contributed by atoms with E-state index in [-0.39, 0.29) is 11.7 Å². The Morgan fingerprint density at radius 2 is 1.97 bits per heavy atom. The highest BCUT2D eigenvalue weighted by molar-refractivity contribution is 6.08. The number of aryl methyl sites for hydroxylation is 2. The molecule has 0 saturated carbocycles. The van der Waals surface area contributed by atoms with Gasteiger partial charge in [0.1, 0.15) is 17.1 Å². The van der Waals surface area contributed by atoms with Gasteiger partial charge in [-0.25, -0.2) is 4.98 Å². The fourth-order valence-electron chi connectivity index (χ4n) is 3.81. The van der Waals surface area contributed by atoms with Crippen molar-refractivity contribution >= 4 is 28.1 Å². The van der Waals surface area contributed by atoms with Crippen LogP contribution in [0.2, 0.25) is 0 Å². The number of nitrogens with one attached hydrogen (secondary N) is 1. The summed E-state index contributed by atoms with van der Waals surface area (Å²) in [4.78, 5) is 21.8. The van der Waals surface area contributed by atoms with Crippen molar-refractivity contribution in [1.29, 1.82) is 0 Å². The molecule has 0 atom stereocenters. The molecule has 5 aromatic rings. The third-order valence-corrected chi connectivity index (χ3v) is 5.19. The maximum absolute atomic E-state index is 13.0. The molecule has 4 heterocycles. The van der Waals surface area contributed by atoms with Crippen LogP contribution in [0.25, 0.3) is 16.6 Å². The van der Waals surface area contributed by atoms with Crippen molar-refractivity contribution in [2.45, 2.75) is 20.4 Å². The summed E-state index contributed by atoms with van der Waals surface area (Å²) in [7, 11) is 0. The zero-order chi connectivity index (χ0) is 21.5. The monoisotopic (exact) mass is 412 g/mol. The molecule has 0 aliphatic heterocycles. The number of fused-ring (bicyclic) bond motifs is 2. The summed E-state index contributed by atoms with van der Waals surface area (Å²) in [6.07, 6.45) is 3.11. The highest BCUT2D eigenvalue weighted by atomic mass is 16.3. The summed E-state index contributed by atoms with van der Waals surface area (Å²) in [5.41, 5.74) is 5.17. The van der Waals surface area contributed by atoms with Crippen LogP contribution in [0.4, 0.5) is 5.69 Å². The number of imidazole rings is 1. The van der Waals surface area contributed by atoms with Crippen LogP contribution in [0.3, 0.4) is 0 Å². The lowest BCUT2D eigenvalue weighted by atomic mass is 10.1. The van der Waals surface area contributed by atoms with Gasteiger partial charge in [-0.15, -0.1) is 0 Å². The Balaban J connectivity index is 1.50. The Morgan fingerprint density at radius 1 is 1.13 bits per heavy atom. The van der Waals surface area contributed by atoms with Gasteiger partial charge in [-0.2, -0.15) is 5.10 Å². The van der Waals surface area contributed by atoms with Gasteiger partial charge in [-0.05, 0) is 44.2 Å². The molecule has 5 rings (SSSR count). The largest absolute Gasteiger partial charge is 0.508 e. The molecule has 8 nitrogen and oxygen atoms in total. The summed E-state index contributed by atoms with van der Waals surface area (Å²) in [6, 6.07) is 14.7. The first-order valence-corrected chi connectivity index (χ1v) is 9.86. The number of aromatic nitrogens is 5. The number of rotatable bonds is 4. The third-order valence-electron chi connectivity index (χ3n) is 5.19. The lowest BCUT2D eigenvalue weighted by Crippen LogP contribution is -2.14. The number of pyridine rings is 2. The molecule has 31 heavy (non-hydrogen) atoms. The molecule has 1 amide bonds. The van der Waals surface area contributed by atoms with Crippen LogP contribution in [0.1, 0.15) is 27.6 Å². The third kappa shape index (κ3) is 3.38. The van der Waals surface area contributed by atoms with Gasteiger partial charge < -0.3 is 10.4 Å². The second-order valence-corrected chi connectivity index (χ2v) is 7.42. The van der Waals surface area contributed by atoms with E-state index in [2.05, 4.69) is 20.4 Å². The molecule has 0 aliphatic rings. The van der Waals surface area contributed by atoms with E-state index in [1.54, 1.807) is 10.6 Å². The van der Waals surface area contributed by atoms with E-state index in [1.165, 1.54) is 18.3 Å². The zero-order valence-electron chi connectivity index (χ0n) is 17.1. The van der Waals surface area contributed by atoms with E-state index in [0.29, 0.717) is 23.6 Å². The van der Waals surface area contributed by atoms with Crippen LogP contribution < -0.4 is 5.32 Å². The first kappa shape index (κ1) is 18.8. The normalized spacial score (nSPS) is 11.3. The van der Waals surface area contributed by atoms with E-state index < -0.39 is 0 Å². The summed E-state index contributed by atoms with van der Waals surface area (Å²) in [6.45, 7) is 4.43. The number of nitrogens with zero attached hydrogens (tertiary/aromatic N) is 5. The fraction of sp³-hybridized carbons (Fsp3) is 0.130. The van der Waals surface area contributed by atoms with Gasteiger partial charge in [0.25, 0.3) is 5.91 Å². The Morgan fingerprint density at radius 3 is 2.81 bits per heavy atom. The smallest absolute Gasteiger partial charge is 0.274 e. The quantitative estimate of drug-likeness (QED) is 0.469. The topological polar surface area (TPSA) is 97.3 Å². The molecule has 0 bridgehead atoms. The van der Waals surface area contributed by atoms with Gasteiger partial charge in [0, 0.05) is 23.3 Å². The van der Waals surface area contributed by atoms with E-state index >= 15 is 0 Å². The highest BCUT2D eigenvalue weighted by Crippen LogP contribution is 2.28. The summed E-state index contributed by atoms with van der Waals surface area (Å²) in [5.74, 6) is -0.195. The van der Waals surface area contributed by atoms with E-state index in [4.69, 9.17) is 0 Å². The van der Waals surface area contributed by atoms with E-state index in [1.807, 2.05) is 54.9 Å². The first-order valence-electron chi connectivity index (χ1n) is 9.86. The molecular formula is C23H20N6O2. The first-order chi connectivity index (χ1) is 15.0. The van der Waals surface area contributed by atoms with E-state index in [9.17, 15) is 9.90 Å². The SMILES string of the molecule is Cc1cccc(Cn2nc(C)c3c(NC(=O)c4cnc5cc(O)ccn45)cccc32)n1. The molecule has 4 aromatic heterocycles. The lowest BCUT2D eigenvalue weighted by Gasteiger charge is -2.08. The van der Waals surface area contributed by atoms with Crippen LogP contribution in [-0.2, 0) is 6.54 Å². The number of amides is 1. The molecule has 154 valence electrons. The van der Waals surface area contributed by atoms with Crippen LogP contribution in [0.5, 0.6) is 5.75 Å². The van der Waals surface area contributed by atoms with Gasteiger partial charge >= 0.3 is 0 Å². The fourth-order valence-corrected chi connectivity index (χ4v) is 3.81. The lowest BCUT2D eigenvalue weighted by molar-refractivity contribution is 0.102. The number of benzene rings is 1. The molecule has 0 aliphatic carbocycles. The maximum atomic E-state index is 13.0. The molecule has 0 saturated heterocycles. The number of carbonyl (C=O) groups excluding carboxylic acids is 1. The van der Waals surface area contributed by atoms with Crippen molar-refractivity contribution in [2.75, 3.05) is 5.32 Å². The van der Waals surface area contributed by atoms with Crippen molar-refractivity contribution in [3.63, 3.8) is 0 Å². The summed E-state index contributed by atoms with van der Waals surface area (Å²) < 4.78 is 3.54. The van der Waals surface area contributed by atoms with Crippen molar-refractivity contribution in [1.82, 2.24) is 24.1 Å². The molecule has 0 spiro atoms. The Hall–Kier alpha value is -4.20. The van der Waals surface area contributed by atoms with Gasteiger partial charge in [-0.1, -0.05) is 12.1 Å². The Labute approximate surface area is 177 Å². The number of aromatic hydroxyl groups is 1. The molecule has 0 unspecified atom stereocenters. The minimum Gasteiger partial charge on any atom is -0.508 e. The van der Waals surface area contributed by atoms with Gasteiger partial charge in [0.2, 0.25) is 0 Å². The van der Waals surface area contributed by atoms with Gasteiger partial charge in [0.05, 0.1) is 35.3 Å². The average Bonchev–Trinajstić information content (AvgIpc) is 3.29. The predicted molar refractivity (Wildman–Crippen MR) is 117 cm³/mol. The van der Waals surface area contributed by atoms with Crippen molar-refractivity contribution in [2.24, 2.45) is 0 Å². The number of carbonyl (C=O) groups is 1. The molecule has 2 N–H and O–H groups in total. The van der Waals surface area contributed by atoms with E-state index in [0.717, 1.165) is 28.0 Å². The molecular weight excluding hydrogens is 392 g/mol. The summed E-state index contributed by atoms with van der Waals surface area (Å²) in [5, 5.41) is 18.2. The van der Waals surface area contributed by atoms with Crippen molar-refractivity contribution < 1.29 is 9.90 Å². The standard InChI is InChI=1S/C23H20N6O2/c1-14-5-3-6-16(25-14)13-29-19-8-4-7-18(22(19)15(2)27-29)26-23(31)20-12-24-21-11-17(30)9-10-28(20)21/h3-12,30H,13H2,1-2H3,(H,26,31). The maximum Gasteiger partial charge on any atom is 0.274 e. The minimum atomic E-state index is -0.293. The highest BCUT2D eigenvalue weighted by Gasteiger charge is 2.17. The number of hydrogen-bond acceptors (Lipinski definition) is 5. The average molecular weight is 412 g/mol. The Kier molecular flexibility index (Phi) is 4.39. The van der Waals surface area contributed by atoms with Crippen LogP contribution in [0, 0.1) is 13.8 Å². The minimum absolute atomic E-state index is 0.0981. The van der Waals surface area contributed by atoms with Crippen LogP contribution >= 0.6 is 0 Å². The molecule has 8 heteroatoms. The zero-order valence-corrected chi connectivity index (χ0v) is 17.1. The second-order valence-electron chi connectivity index (χ2n) is 7.42. The molecule has 1 aromatic carbocycles. The number of anilines is 1. The molecule has 0 fully saturated rings. The van der Waals surface area contributed by atoms with Crippen LogP contribution in [0.15, 0.2) is 60.9 Å². The summed E-state index contributed by atoms with van der Waals surface area (Å²) >= 11 is 0. The molecule has 0 radical (unpaired) electrons. The van der Waals surface area contributed by atoms with Gasteiger partial charge in [0.15, 0.2) is 0 Å². The van der Waals surface area contributed by atoms with Crippen molar-refractivity contribution in [3.8, 4) is 5.75 Å². The van der Waals surface area contributed by atoms with Crippen LogP contribution in [-0.4, -0.2) is 35.2 Å².